The van der Waals surface area contributed by atoms with Crippen LogP contribution >= 0.6 is 0 Å². The van der Waals surface area contributed by atoms with Crippen molar-refractivity contribution in [3.05, 3.63) is 18.2 Å². The Hall–Kier alpha value is -1.80. The molecule has 1 heterocycles. The van der Waals surface area contributed by atoms with Crippen LogP contribution in [-0.2, 0) is 14.8 Å². The van der Waals surface area contributed by atoms with Crippen LogP contribution in [0.3, 0.4) is 0 Å². The lowest BCUT2D eigenvalue weighted by Gasteiger charge is -2.57. The van der Waals surface area contributed by atoms with E-state index in [2.05, 4.69) is 5.32 Å². The van der Waals surface area contributed by atoms with Gasteiger partial charge in [0.15, 0.2) is 0 Å². The lowest BCUT2D eigenvalue weighted by Crippen LogP contribution is -2.62. The zero-order valence-corrected chi connectivity index (χ0v) is 19.1. The van der Waals surface area contributed by atoms with Crippen LogP contribution in [-0.4, -0.2) is 51.0 Å². The van der Waals surface area contributed by atoms with Gasteiger partial charge in [0.05, 0.1) is 14.2 Å². The standard InChI is InChI=1S/C23H32N2O5S/c1-29-18-5-6-20(30-2)21(11-18)31(27,28)25-7-3-4-19(25)22(26)24-23-12-15-8-16(13-23)10-17(9-15)14-23/h5-6,11,15-17,19H,3-4,7-10,12-14H2,1-2H3,(H,24,26)/t15?,16?,17?,19-,23?/m1/s1. The highest BCUT2D eigenvalue weighted by Crippen LogP contribution is 2.55. The molecule has 5 fully saturated rings. The van der Waals surface area contributed by atoms with Gasteiger partial charge in [-0.3, -0.25) is 4.79 Å². The molecule has 6 rings (SSSR count). The molecule has 1 N–H and O–H groups in total. The van der Waals surface area contributed by atoms with Gasteiger partial charge in [0.1, 0.15) is 22.4 Å². The van der Waals surface area contributed by atoms with Crippen molar-refractivity contribution in [3.8, 4) is 11.5 Å². The van der Waals surface area contributed by atoms with Crippen LogP contribution in [0.2, 0.25) is 0 Å². The first-order valence-corrected chi connectivity index (χ1v) is 12.8. The summed E-state index contributed by atoms with van der Waals surface area (Å²) in [6.07, 6.45) is 8.27. The molecule has 4 bridgehead atoms. The number of ether oxygens (including phenoxy) is 2. The first-order chi connectivity index (χ1) is 14.8. The minimum Gasteiger partial charge on any atom is -0.497 e. The molecule has 31 heavy (non-hydrogen) atoms. The highest BCUT2D eigenvalue weighted by Gasteiger charge is 2.52. The number of carbonyl (C=O) groups is 1. The predicted molar refractivity (Wildman–Crippen MR) is 116 cm³/mol. The van der Waals surface area contributed by atoms with E-state index in [1.54, 1.807) is 12.1 Å². The van der Waals surface area contributed by atoms with Gasteiger partial charge in [-0.2, -0.15) is 4.31 Å². The Kier molecular flexibility index (Phi) is 5.20. The highest BCUT2D eigenvalue weighted by atomic mass is 32.2. The van der Waals surface area contributed by atoms with Crippen molar-refractivity contribution >= 4 is 15.9 Å². The van der Waals surface area contributed by atoms with E-state index in [0.29, 0.717) is 25.1 Å². The molecule has 8 heteroatoms. The molecule has 0 unspecified atom stereocenters. The van der Waals surface area contributed by atoms with Gasteiger partial charge in [-0.05, 0) is 81.3 Å². The highest BCUT2D eigenvalue weighted by molar-refractivity contribution is 7.89. The average Bonchev–Trinajstić information content (AvgIpc) is 3.23. The maximum Gasteiger partial charge on any atom is 0.247 e. The second-order valence-electron chi connectivity index (χ2n) is 9.98. The zero-order chi connectivity index (χ0) is 21.8. The number of hydrogen-bond acceptors (Lipinski definition) is 5. The molecule has 1 aromatic carbocycles. The molecule has 1 amide bonds. The molecule has 1 aromatic rings. The number of rotatable bonds is 6. The molecular formula is C23H32N2O5S. The fourth-order valence-corrected chi connectivity index (χ4v) is 8.84. The summed E-state index contributed by atoms with van der Waals surface area (Å²) in [5.74, 6) is 2.72. The second kappa shape index (κ2) is 7.66. The predicted octanol–water partition coefficient (Wildman–Crippen LogP) is 2.94. The van der Waals surface area contributed by atoms with Crippen LogP contribution in [0.15, 0.2) is 23.1 Å². The number of benzene rings is 1. The molecule has 1 aliphatic heterocycles. The van der Waals surface area contributed by atoms with Gasteiger partial charge in [-0.1, -0.05) is 0 Å². The summed E-state index contributed by atoms with van der Waals surface area (Å²) in [5.41, 5.74) is -0.127. The molecule has 170 valence electrons. The fourth-order valence-electron chi connectivity index (χ4n) is 7.01. The van der Waals surface area contributed by atoms with Crippen LogP contribution in [0.4, 0.5) is 0 Å². The van der Waals surface area contributed by atoms with Crippen LogP contribution in [0.25, 0.3) is 0 Å². The van der Waals surface area contributed by atoms with Crippen molar-refractivity contribution in [2.75, 3.05) is 20.8 Å². The number of nitrogens with zero attached hydrogens (tertiary/aromatic N) is 1. The Morgan fingerprint density at radius 2 is 1.71 bits per heavy atom. The second-order valence-corrected chi connectivity index (χ2v) is 11.8. The van der Waals surface area contributed by atoms with Crippen LogP contribution in [0.1, 0.15) is 51.4 Å². The minimum atomic E-state index is -3.91. The van der Waals surface area contributed by atoms with Crippen molar-refractivity contribution in [1.29, 1.82) is 0 Å². The Bertz CT molecular complexity index is 941. The molecule has 1 atom stereocenters. The number of hydrogen-bond donors (Lipinski definition) is 1. The van der Waals surface area contributed by atoms with Gasteiger partial charge in [-0.25, -0.2) is 8.42 Å². The quantitative estimate of drug-likeness (QED) is 0.723. The maximum absolute atomic E-state index is 13.6. The topological polar surface area (TPSA) is 84.9 Å². The van der Waals surface area contributed by atoms with Gasteiger partial charge < -0.3 is 14.8 Å². The Morgan fingerprint density at radius 3 is 2.29 bits per heavy atom. The number of methoxy groups -OCH3 is 2. The maximum atomic E-state index is 13.6. The van der Waals surface area contributed by atoms with Crippen molar-refractivity contribution in [1.82, 2.24) is 9.62 Å². The van der Waals surface area contributed by atoms with E-state index in [1.165, 1.54) is 43.9 Å². The summed E-state index contributed by atoms with van der Waals surface area (Å²) in [6, 6.07) is 4.06. The van der Waals surface area contributed by atoms with Gasteiger partial charge in [0, 0.05) is 18.2 Å². The number of carbonyl (C=O) groups excluding carboxylic acids is 1. The van der Waals surface area contributed by atoms with E-state index in [-0.39, 0.29) is 22.1 Å². The van der Waals surface area contributed by atoms with Crippen molar-refractivity contribution in [3.63, 3.8) is 0 Å². The number of nitrogens with one attached hydrogen (secondary N) is 1. The molecule has 0 radical (unpaired) electrons. The third-order valence-corrected chi connectivity index (χ3v) is 9.82. The third kappa shape index (κ3) is 3.61. The summed E-state index contributed by atoms with van der Waals surface area (Å²) in [4.78, 5) is 13.5. The van der Waals surface area contributed by atoms with Crippen LogP contribution in [0, 0.1) is 17.8 Å². The van der Waals surface area contributed by atoms with Gasteiger partial charge in [-0.15, -0.1) is 0 Å². The summed E-state index contributed by atoms with van der Waals surface area (Å²) in [7, 11) is -0.965. The normalized spacial score (nSPS) is 34.6. The van der Waals surface area contributed by atoms with Crippen molar-refractivity contribution in [2.24, 2.45) is 17.8 Å². The van der Waals surface area contributed by atoms with E-state index < -0.39 is 16.1 Å². The fraction of sp³-hybridized carbons (Fsp3) is 0.696. The molecule has 5 aliphatic rings. The molecule has 1 saturated heterocycles. The Balaban J connectivity index is 1.39. The molecule has 4 aliphatic carbocycles. The molecule has 0 aromatic heterocycles. The van der Waals surface area contributed by atoms with E-state index in [1.807, 2.05) is 0 Å². The smallest absolute Gasteiger partial charge is 0.247 e. The minimum absolute atomic E-state index is 0.0452. The van der Waals surface area contributed by atoms with Gasteiger partial charge in [0.25, 0.3) is 0 Å². The first-order valence-electron chi connectivity index (χ1n) is 11.4. The Labute approximate surface area is 184 Å². The first kappa shape index (κ1) is 21.1. The number of sulfonamides is 1. The summed E-state index contributed by atoms with van der Waals surface area (Å²) in [6.45, 7) is 0.335. The lowest BCUT2D eigenvalue weighted by atomic mass is 9.53. The lowest BCUT2D eigenvalue weighted by molar-refractivity contribution is -0.130. The SMILES string of the molecule is COc1ccc(OC)c(S(=O)(=O)N2CCC[C@@H]2C(=O)NC23CC4CC(CC(C4)C2)C3)c1. The van der Waals surface area contributed by atoms with Crippen molar-refractivity contribution < 1.29 is 22.7 Å². The summed E-state index contributed by atoms with van der Waals surface area (Å²) >= 11 is 0. The molecular weight excluding hydrogens is 416 g/mol. The largest absolute Gasteiger partial charge is 0.497 e. The van der Waals surface area contributed by atoms with Crippen molar-refractivity contribution in [2.45, 2.75) is 67.8 Å². The average molecular weight is 449 g/mol. The van der Waals surface area contributed by atoms with E-state index in [0.717, 1.165) is 37.0 Å². The Morgan fingerprint density at radius 1 is 1.06 bits per heavy atom. The molecule has 7 nitrogen and oxygen atoms in total. The molecule has 0 spiro atoms. The van der Waals surface area contributed by atoms with Gasteiger partial charge in [0.2, 0.25) is 15.9 Å². The van der Waals surface area contributed by atoms with E-state index in [4.69, 9.17) is 9.47 Å². The van der Waals surface area contributed by atoms with E-state index in [9.17, 15) is 13.2 Å². The number of amides is 1. The monoisotopic (exact) mass is 448 g/mol. The van der Waals surface area contributed by atoms with Crippen LogP contribution < -0.4 is 14.8 Å². The molecule has 4 saturated carbocycles. The summed E-state index contributed by atoms with van der Waals surface area (Å²) in [5, 5.41) is 3.37. The zero-order valence-electron chi connectivity index (χ0n) is 18.3. The van der Waals surface area contributed by atoms with Crippen LogP contribution in [0.5, 0.6) is 11.5 Å². The third-order valence-electron chi connectivity index (χ3n) is 7.89. The van der Waals surface area contributed by atoms with E-state index >= 15 is 0 Å². The van der Waals surface area contributed by atoms with Gasteiger partial charge >= 0.3 is 0 Å². The summed E-state index contributed by atoms with van der Waals surface area (Å²) < 4.78 is 39.0.